The maximum atomic E-state index is 12.1. The summed E-state index contributed by atoms with van der Waals surface area (Å²) in [5.74, 6) is -0.943. The largest absolute Gasteiger partial charge is 0.469 e. The summed E-state index contributed by atoms with van der Waals surface area (Å²) in [7, 11) is -0.861. The molecule has 6 nitrogen and oxygen atoms in total. The first-order valence-electron chi connectivity index (χ1n) is 5.25. The van der Waals surface area contributed by atoms with Crippen LogP contribution in [0, 0.1) is 12.8 Å². The zero-order valence-electron chi connectivity index (χ0n) is 10.7. The Hall–Kier alpha value is -0.990. The highest BCUT2D eigenvalue weighted by Gasteiger charge is 2.26. The third kappa shape index (κ3) is 3.27. The number of methoxy groups -OCH3 is 1. The molecule has 0 aliphatic heterocycles. The highest BCUT2D eigenvalue weighted by molar-refractivity contribution is 7.91. The van der Waals surface area contributed by atoms with Crippen LogP contribution in [0.15, 0.2) is 10.4 Å². The van der Waals surface area contributed by atoms with E-state index in [-0.39, 0.29) is 10.8 Å². The molecule has 18 heavy (non-hydrogen) atoms. The van der Waals surface area contributed by atoms with Gasteiger partial charge in [-0.1, -0.05) is 6.92 Å². The smallest absolute Gasteiger partial charge is 0.309 e. The van der Waals surface area contributed by atoms with Crippen LogP contribution in [0.5, 0.6) is 0 Å². The Morgan fingerprint density at radius 1 is 1.61 bits per heavy atom. The van der Waals surface area contributed by atoms with Crippen molar-refractivity contribution in [2.75, 3.05) is 20.7 Å². The van der Waals surface area contributed by atoms with Crippen LogP contribution >= 0.6 is 11.3 Å². The van der Waals surface area contributed by atoms with Gasteiger partial charge in [0.25, 0.3) is 10.0 Å². The number of sulfonamides is 1. The number of ether oxygens (including phenoxy) is 1. The highest BCUT2D eigenvalue weighted by atomic mass is 32.2. The van der Waals surface area contributed by atoms with E-state index in [1.165, 1.54) is 20.4 Å². The van der Waals surface area contributed by atoms with Crippen LogP contribution < -0.4 is 0 Å². The molecule has 0 fully saturated rings. The molecule has 0 radical (unpaired) electrons. The molecule has 0 saturated heterocycles. The van der Waals surface area contributed by atoms with Crippen LogP contribution in [0.4, 0.5) is 0 Å². The van der Waals surface area contributed by atoms with E-state index in [1.807, 2.05) is 0 Å². The molecular weight excluding hydrogens is 276 g/mol. The highest BCUT2D eigenvalue weighted by Crippen LogP contribution is 2.21. The minimum Gasteiger partial charge on any atom is -0.469 e. The summed E-state index contributed by atoms with van der Waals surface area (Å²) in [4.78, 5) is 15.2. The van der Waals surface area contributed by atoms with Crippen molar-refractivity contribution in [2.45, 2.75) is 18.1 Å². The monoisotopic (exact) mass is 292 g/mol. The molecule has 1 heterocycles. The fraction of sp³-hybridized carbons (Fsp3) is 0.600. The normalized spacial score (nSPS) is 13.6. The first kappa shape index (κ1) is 15.1. The molecule has 102 valence electrons. The standard InChI is InChI=1S/C10H16N2O4S2/c1-7(10(13)16-4)6-12(3)18(14,15)9-5-11-8(2)17-9/h5,7H,6H2,1-4H3. The van der Waals surface area contributed by atoms with Crippen molar-refractivity contribution in [3.05, 3.63) is 11.2 Å². The molecule has 0 saturated carbocycles. The summed E-state index contributed by atoms with van der Waals surface area (Å²) in [5, 5.41) is 0.683. The zero-order chi connectivity index (χ0) is 13.9. The molecule has 0 bridgehead atoms. The number of aromatic nitrogens is 1. The lowest BCUT2D eigenvalue weighted by Gasteiger charge is -2.18. The van der Waals surface area contributed by atoms with Crippen LogP contribution in [-0.2, 0) is 19.6 Å². The van der Waals surface area contributed by atoms with E-state index in [1.54, 1.807) is 13.8 Å². The molecule has 1 unspecified atom stereocenters. The van der Waals surface area contributed by atoms with E-state index in [9.17, 15) is 13.2 Å². The summed E-state index contributed by atoms with van der Waals surface area (Å²) in [6.45, 7) is 3.43. The molecule has 1 aromatic rings. The van der Waals surface area contributed by atoms with E-state index in [2.05, 4.69) is 9.72 Å². The van der Waals surface area contributed by atoms with E-state index in [0.29, 0.717) is 5.01 Å². The van der Waals surface area contributed by atoms with Crippen LogP contribution in [0.1, 0.15) is 11.9 Å². The number of hydrogen-bond acceptors (Lipinski definition) is 6. The lowest BCUT2D eigenvalue weighted by Crippen LogP contribution is -2.33. The van der Waals surface area contributed by atoms with Crippen molar-refractivity contribution in [1.29, 1.82) is 0 Å². The second-order valence-corrected chi connectivity index (χ2v) is 7.41. The fourth-order valence-corrected chi connectivity index (χ4v) is 3.95. The van der Waals surface area contributed by atoms with Crippen molar-refractivity contribution in [2.24, 2.45) is 5.92 Å². The predicted molar refractivity (Wildman–Crippen MR) is 67.8 cm³/mol. The maximum absolute atomic E-state index is 12.1. The van der Waals surface area contributed by atoms with Gasteiger partial charge in [-0.3, -0.25) is 4.79 Å². The quantitative estimate of drug-likeness (QED) is 0.753. The van der Waals surface area contributed by atoms with Crippen molar-refractivity contribution in [3.8, 4) is 0 Å². The van der Waals surface area contributed by atoms with Crippen molar-refractivity contribution in [1.82, 2.24) is 9.29 Å². The predicted octanol–water partition coefficient (Wildman–Crippen LogP) is 0.881. The first-order valence-corrected chi connectivity index (χ1v) is 7.51. The topological polar surface area (TPSA) is 76.6 Å². The van der Waals surface area contributed by atoms with Gasteiger partial charge in [0.05, 0.1) is 24.2 Å². The van der Waals surface area contributed by atoms with Gasteiger partial charge in [-0.05, 0) is 6.92 Å². The molecular formula is C10H16N2O4S2. The van der Waals surface area contributed by atoms with E-state index in [0.717, 1.165) is 15.6 Å². The number of hydrogen-bond donors (Lipinski definition) is 0. The molecule has 0 spiro atoms. The Morgan fingerprint density at radius 3 is 2.67 bits per heavy atom. The molecule has 0 aliphatic rings. The molecule has 1 rings (SSSR count). The Balaban J connectivity index is 2.83. The number of carbonyl (C=O) groups is 1. The van der Waals surface area contributed by atoms with Crippen molar-refractivity contribution >= 4 is 27.3 Å². The van der Waals surface area contributed by atoms with Crippen LogP contribution in [0.25, 0.3) is 0 Å². The average molecular weight is 292 g/mol. The Bertz CT molecular complexity index is 524. The molecule has 1 aromatic heterocycles. The molecule has 0 aromatic carbocycles. The fourth-order valence-electron chi connectivity index (χ4n) is 1.37. The number of thiazole rings is 1. The third-order valence-corrected chi connectivity index (χ3v) is 5.57. The number of aryl methyl sites for hydroxylation is 1. The van der Waals surface area contributed by atoms with Gasteiger partial charge in [0.15, 0.2) is 4.21 Å². The summed E-state index contributed by atoms with van der Waals surface area (Å²) < 4.78 is 30.2. The molecule has 1 atom stereocenters. The molecule has 0 aliphatic carbocycles. The van der Waals surface area contributed by atoms with Crippen LogP contribution in [0.2, 0.25) is 0 Å². The van der Waals surface area contributed by atoms with Crippen molar-refractivity contribution in [3.63, 3.8) is 0 Å². The van der Waals surface area contributed by atoms with E-state index >= 15 is 0 Å². The lowest BCUT2D eigenvalue weighted by atomic mass is 10.2. The van der Waals surface area contributed by atoms with Gasteiger partial charge < -0.3 is 4.74 Å². The zero-order valence-corrected chi connectivity index (χ0v) is 12.3. The number of esters is 1. The summed E-state index contributed by atoms with van der Waals surface area (Å²) in [5.41, 5.74) is 0. The van der Waals surface area contributed by atoms with Crippen molar-refractivity contribution < 1.29 is 17.9 Å². The minimum absolute atomic E-state index is 0.0754. The van der Waals surface area contributed by atoms with Gasteiger partial charge in [0, 0.05) is 13.6 Å². The second-order valence-electron chi connectivity index (χ2n) is 3.91. The summed E-state index contributed by atoms with van der Waals surface area (Å²) >= 11 is 1.11. The van der Waals surface area contributed by atoms with E-state index in [4.69, 9.17) is 0 Å². The average Bonchev–Trinajstić information content (AvgIpc) is 2.75. The van der Waals surface area contributed by atoms with Crippen LogP contribution in [-0.4, -0.2) is 44.4 Å². The van der Waals surface area contributed by atoms with Gasteiger partial charge in [-0.2, -0.15) is 4.31 Å². The minimum atomic E-state index is -3.57. The third-order valence-electron chi connectivity index (χ3n) is 2.40. The lowest BCUT2D eigenvalue weighted by molar-refractivity contribution is -0.144. The number of rotatable bonds is 5. The maximum Gasteiger partial charge on any atom is 0.309 e. The number of carbonyl (C=O) groups excluding carboxylic acids is 1. The molecule has 0 amide bonds. The van der Waals surface area contributed by atoms with Gasteiger partial charge >= 0.3 is 5.97 Å². The van der Waals surface area contributed by atoms with Gasteiger partial charge in [-0.15, -0.1) is 11.3 Å². The first-order chi connectivity index (χ1) is 8.28. The van der Waals surface area contributed by atoms with E-state index < -0.39 is 21.9 Å². The SMILES string of the molecule is COC(=O)C(C)CN(C)S(=O)(=O)c1cnc(C)s1. The molecule has 0 N–H and O–H groups in total. The Kier molecular flexibility index (Phi) is 4.83. The van der Waals surface area contributed by atoms with Crippen LogP contribution in [0.3, 0.4) is 0 Å². The van der Waals surface area contributed by atoms with Gasteiger partial charge in [0.2, 0.25) is 0 Å². The molecule has 8 heteroatoms. The number of nitrogens with zero attached hydrogens (tertiary/aromatic N) is 2. The second kappa shape index (κ2) is 5.77. The summed E-state index contributed by atoms with van der Waals surface area (Å²) in [6, 6.07) is 0. The summed E-state index contributed by atoms with van der Waals surface area (Å²) in [6.07, 6.45) is 1.33. The van der Waals surface area contributed by atoms with Gasteiger partial charge in [-0.25, -0.2) is 13.4 Å². The Morgan fingerprint density at radius 2 is 2.22 bits per heavy atom. The Labute approximate surface area is 111 Å². The van der Waals surface area contributed by atoms with Gasteiger partial charge in [0.1, 0.15) is 0 Å².